The Morgan fingerprint density at radius 2 is 2.43 bits per heavy atom. The molecular formula is C12H19ClO. The van der Waals surface area contributed by atoms with Gasteiger partial charge < -0.3 is 4.74 Å². The molecule has 0 aromatic heterocycles. The van der Waals surface area contributed by atoms with Crippen LogP contribution < -0.4 is 0 Å². The first kappa shape index (κ1) is 10.5. The summed E-state index contributed by atoms with van der Waals surface area (Å²) in [5.74, 6) is 1.52. The van der Waals surface area contributed by atoms with Crippen molar-refractivity contribution in [2.24, 2.45) is 11.8 Å². The molecular weight excluding hydrogens is 196 g/mol. The molecule has 0 amide bonds. The second kappa shape index (κ2) is 4.67. The van der Waals surface area contributed by atoms with Crippen molar-refractivity contribution in [1.29, 1.82) is 0 Å². The molecule has 1 saturated heterocycles. The van der Waals surface area contributed by atoms with Gasteiger partial charge in [-0.15, -0.1) is 11.6 Å². The highest BCUT2D eigenvalue weighted by Gasteiger charge is 2.22. The molecule has 1 heterocycles. The molecule has 0 saturated carbocycles. The number of hydrogen-bond acceptors (Lipinski definition) is 1. The van der Waals surface area contributed by atoms with E-state index in [-0.39, 0.29) is 5.38 Å². The van der Waals surface area contributed by atoms with Crippen LogP contribution in [0.4, 0.5) is 0 Å². The third-order valence-electron chi connectivity index (χ3n) is 3.23. The zero-order valence-corrected chi connectivity index (χ0v) is 9.59. The largest absolute Gasteiger partial charge is 0.381 e. The maximum Gasteiger partial charge on any atom is 0.0521 e. The summed E-state index contributed by atoms with van der Waals surface area (Å²) < 4.78 is 5.39. The van der Waals surface area contributed by atoms with E-state index in [1.165, 1.54) is 19.3 Å². The van der Waals surface area contributed by atoms with Crippen molar-refractivity contribution in [2.75, 3.05) is 13.2 Å². The Morgan fingerprint density at radius 3 is 3.07 bits per heavy atom. The van der Waals surface area contributed by atoms with Gasteiger partial charge in [0.25, 0.3) is 0 Å². The van der Waals surface area contributed by atoms with Gasteiger partial charge >= 0.3 is 0 Å². The predicted molar refractivity (Wildman–Crippen MR) is 59.7 cm³/mol. The molecule has 3 atom stereocenters. The molecule has 2 rings (SSSR count). The van der Waals surface area contributed by atoms with Crippen LogP contribution in [-0.4, -0.2) is 18.6 Å². The van der Waals surface area contributed by atoms with E-state index in [0.29, 0.717) is 0 Å². The lowest BCUT2D eigenvalue weighted by Crippen LogP contribution is -2.14. The monoisotopic (exact) mass is 214 g/mol. The predicted octanol–water partition coefficient (Wildman–Crippen LogP) is 3.38. The Bertz CT molecular complexity index is 218. The highest BCUT2D eigenvalue weighted by molar-refractivity contribution is 6.21. The van der Waals surface area contributed by atoms with E-state index >= 15 is 0 Å². The molecule has 0 spiro atoms. The van der Waals surface area contributed by atoms with Crippen LogP contribution in [0.5, 0.6) is 0 Å². The van der Waals surface area contributed by atoms with Gasteiger partial charge in [-0.05, 0) is 37.5 Å². The fourth-order valence-electron chi connectivity index (χ4n) is 2.57. The first-order valence-corrected chi connectivity index (χ1v) is 6.09. The van der Waals surface area contributed by atoms with Crippen molar-refractivity contribution in [3.8, 4) is 0 Å². The molecule has 14 heavy (non-hydrogen) atoms. The van der Waals surface area contributed by atoms with Gasteiger partial charge in [-0.25, -0.2) is 0 Å². The lowest BCUT2D eigenvalue weighted by molar-refractivity contribution is 0.185. The maximum atomic E-state index is 6.18. The summed E-state index contributed by atoms with van der Waals surface area (Å²) in [7, 11) is 0. The van der Waals surface area contributed by atoms with Crippen LogP contribution in [0.15, 0.2) is 11.6 Å². The fourth-order valence-corrected chi connectivity index (χ4v) is 3.06. The Labute approximate surface area is 91.5 Å². The number of alkyl halides is 1. The summed E-state index contributed by atoms with van der Waals surface area (Å²) in [6.45, 7) is 4.21. The molecule has 0 aromatic rings. The van der Waals surface area contributed by atoms with Crippen LogP contribution in [0.2, 0.25) is 0 Å². The number of hydrogen-bond donors (Lipinski definition) is 0. The Balaban J connectivity index is 1.89. The smallest absolute Gasteiger partial charge is 0.0521 e. The summed E-state index contributed by atoms with van der Waals surface area (Å²) in [5, 5.41) is 0.274. The van der Waals surface area contributed by atoms with E-state index in [1.54, 1.807) is 5.57 Å². The third kappa shape index (κ3) is 2.74. The number of ether oxygens (including phenoxy) is 1. The third-order valence-corrected chi connectivity index (χ3v) is 3.53. The fraction of sp³-hybridized carbons (Fsp3) is 0.833. The summed E-state index contributed by atoms with van der Waals surface area (Å²) in [6.07, 6.45) is 7.12. The molecule has 1 nitrogen and oxygen atoms in total. The second-order valence-electron chi connectivity index (χ2n) is 4.82. The van der Waals surface area contributed by atoms with Crippen LogP contribution in [-0.2, 0) is 4.74 Å². The van der Waals surface area contributed by atoms with Crippen molar-refractivity contribution in [2.45, 2.75) is 38.0 Å². The van der Waals surface area contributed by atoms with Crippen molar-refractivity contribution < 1.29 is 4.74 Å². The normalized spacial score (nSPS) is 38.4. The molecule has 0 N–H and O–H groups in total. The molecule has 80 valence electrons. The summed E-state index contributed by atoms with van der Waals surface area (Å²) in [5.41, 5.74) is 1.57. The molecule has 0 bridgehead atoms. The lowest BCUT2D eigenvalue weighted by atomic mass is 9.85. The number of rotatable bonds is 2. The van der Waals surface area contributed by atoms with E-state index in [1.807, 2.05) is 0 Å². The highest BCUT2D eigenvalue weighted by Crippen LogP contribution is 2.32. The van der Waals surface area contributed by atoms with Gasteiger partial charge in [0, 0.05) is 13.2 Å². The van der Waals surface area contributed by atoms with Gasteiger partial charge in [-0.2, -0.15) is 0 Å². The Morgan fingerprint density at radius 1 is 1.57 bits per heavy atom. The average molecular weight is 215 g/mol. The minimum atomic E-state index is 0.274. The van der Waals surface area contributed by atoms with Crippen molar-refractivity contribution in [3.63, 3.8) is 0 Å². The van der Waals surface area contributed by atoms with Gasteiger partial charge in [-0.1, -0.05) is 18.6 Å². The minimum absolute atomic E-state index is 0.274. The van der Waals surface area contributed by atoms with Crippen molar-refractivity contribution in [1.82, 2.24) is 0 Å². The average Bonchev–Trinajstić information content (AvgIpc) is 2.54. The molecule has 0 aromatic carbocycles. The zero-order valence-electron chi connectivity index (χ0n) is 8.84. The molecule has 3 unspecified atom stereocenters. The van der Waals surface area contributed by atoms with Gasteiger partial charge in [0.2, 0.25) is 0 Å². The molecule has 2 aliphatic rings. The first-order chi connectivity index (χ1) is 6.74. The molecule has 2 heteroatoms. The van der Waals surface area contributed by atoms with E-state index < -0.39 is 0 Å². The molecule has 1 aliphatic carbocycles. The van der Waals surface area contributed by atoms with E-state index in [4.69, 9.17) is 16.3 Å². The number of allylic oxidation sites excluding steroid dienone is 2. The topological polar surface area (TPSA) is 9.23 Å². The van der Waals surface area contributed by atoms with Crippen molar-refractivity contribution in [3.05, 3.63) is 11.6 Å². The Hall–Kier alpha value is -0.0100. The van der Waals surface area contributed by atoms with Crippen LogP contribution in [0.3, 0.4) is 0 Å². The van der Waals surface area contributed by atoms with Gasteiger partial charge in [0.1, 0.15) is 0 Å². The first-order valence-electron chi connectivity index (χ1n) is 5.65. The highest BCUT2D eigenvalue weighted by atomic mass is 35.5. The standard InChI is InChI=1S/C12H19ClO/c1-9-4-11(7-12(13)5-9)6-10-2-3-14-8-10/h7,9-10,12H,2-6,8H2,1H3. The SMILES string of the molecule is CC1CC(CC2CCOC2)=CC(Cl)C1. The van der Waals surface area contributed by atoms with Crippen molar-refractivity contribution >= 4 is 11.6 Å². The summed E-state index contributed by atoms with van der Waals surface area (Å²) in [6, 6.07) is 0. The van der Waals surface area contributed by atoms with Crippen LogP contribution in [0.1, 0.15) is 32.6 Å². The van der Waals surface area contributed by atoms with E-state index in [2.05, 4.69) is 13.0 Å². The maximum absolute atomic E-state index is 6.18. The van der Waals surface area contributed by atoms with E-state index in [9.17, 15) is 0 Å². The summed E-state index contributed by atoms with van der Waals surface area (Å²) in [4.78, 5) is 0. The Kier molecular flexibility index (Phi) is 3.51. The van der Waals surface area contributed by atoms with Gasteiger partial charge in [0.05, 0.1) is 5.38 Å². The van der Waals surface area contributed by atoms with E-state index in [0.717, 1.165) is 31.5 Å². The van der Waals surface area contributed by atoms with Gasteiger partial charge in [0.15, 0.2) is 0 Å². The minimum Gasteiger partial charge on any atom is -0.381 e. The number of halogens is 1. The second-order valence-corrected chi connectivity index (χ2v) is 5.38. The van der Waals surface area contributed by atoms with Crippen LogP contribution in [0, 0.1) is 11.8 Å². The van der Waals surface area contributed by atoms with Crippen LogP contribution >= 0.6 is 11.6 Å². The molecule has 0 radical (unpaired) electrons. The summed E-state index contributed by atoms with van der Waals surface area (Å²) >= 11 is 6.18. The molecule has 1 aliphatic heterocycles. The van der Waals surface area contributed by atoms with Gasteiger partial charge in [-0.3, -0.25) is 0 Å². The van der Waals surface area contributed by atoms with Crippen LogP contribution in [0.25, 0.3) is 0 Å². The molecule has 1 fully saturated rings. The lowest BCUT2D eigenvalue weighted by Gasteiger charge is -2.24. The quantitative estimate of drug-likeness (QED) is 0.506. The zero-order chi connectivity index (χ0) is 9.97.